The first kappa shape index (κ1) is 12.1. The highest BCUT2D eigenvalue weighted by atomic mass is 16.4. The van der Waals surface area contributed by atoms with Gasteiger partial charge < -0.3 is 10.1 Å². The summed E-state index contributed by atoms with van der Waals surface area (Å²) >= 11 is 0. The molecule has 2 N–H and O–H groups in total. The molecule has 0 aliphatic rings. The molecule has 6 nitrogen and oxygen atoms in total. The molecular formula is C12H12N2O4. The minimum atomic E-state index is -1.23. The molecule has 0 aliphatic heterocycles. The van der Waals surface area contributed by atoms with E-state index in [1.807, 2.05) is 6.92 Å². The Bertz CT molecular complexity index is 742. The molecule has 1 heterocycles. The van der Waals surface area contributed by atoms with Crippen molar-refractivity contribution in [1.82, 2.24) is 9.55 Å². The Hall–Kier alpha value is -2.37. The van der Waals surface area contributed by atoms with Gasteiger partial charge in [-0.2, -0.15) is 0 Å². The van der Waals surface area contributed by atoms with Crippen molar-refractivity contribution in [1.29, 1.82) is 0 Å². The first-order chi connectivity index (χ1) is 8.41. The summed E-state index contributed by atoms with van der Waals surface area (Å²) in [5.41, 5.74) is -0.0378. The normalized spacial score (nSPS) is 12.6. The maximum atomic E-state index is 12.1. The Morgan fingerprint density at radius 3 is 2.67 bits per heavy atom. The lowest BCUT2D eigenvalue weighted by molar-refractivity contribution is -0.140. The van der Waals surface area contributed by atoms with E-state index in [1.54, 1.807) is 18.2 Å². The van der Waals surface area contributed by atoms with Gasteiger partial charge >= 0.3 is 11.7 Å². The van der Waals surface area contributed by atoms with Crippen LogP contribution in [-0.2, 0) is 4.79 Å². The second-order valence-corrected chi connectivity index (χ2v) is 4.17. The lowest BCUT2D eigenvalue weighted by Crippen LogP contribution is -2.39. The predicted octanol–water partition coefficient (Wildman–Crippen LogP) is 0.644. The van der Waals surface area contributed by atoms with E-state index in [0.717, 1.165) is 5.56 Å². The van der Waals surface area contributed by atoms with Crippen molar-refractivity contribution in [2.75, 3.05) is 0 Å². The topological polar surface area (TPSA) is 92.2 Å². The van der Waals surface area contributed by atoms with Crippen LogP contribution in [0.3, 0.4) is 0 Å². The van der Waals surface area contributed by atoms with E-state index in [0.29, 0.717) is 15.5 Å². The standard InChI is InChI=1S/C12H12N2O4/c1-6-3-4-9-8(5-6)10(15)14(12(18)13-9)7(2)11(16)17/h3-5,7H,1-2H3,(H,13,18)(H,16,17). The van der Waals surface area contributed by atoms with Gasteiger partial charge in [-0.1, -0.05) is 11.6 Å². The van der Waals surface area contributed by atoms with Gasteiger partial charge in [0, 0.05) is 0 Å². The molecule has 1 aromatic carbocycles. The van der Waals surface area contributed by atoms with Crippen LogP contribution >= 0.6 is 0 Å². The Balaban J connectivity index is 2.88. The number of carbonyl (C=O) groups is 1. The van der Waals surface area contributed by atoms with Crippen LogP contribution in [0, 0.1) is 6.92 Å². The summed E-state index contributed by atoms with van der Waals surface area (Å²) in [6.07, 6.45) is 0. The largest absolute Gasteiger partial charge is 0.480 e. The van der Waals surface area contributed by atoms with Gasteiger partial charge in [0.25, 0.3) is 5.56 Å². The van der Waals surface area contributed by atoms with Crippen LogP contribution < -0.4 is 11.2 Å². The van der Waals surface area contributed by atoms with Gasteiger partial charge in [0.2, 0.25) is 0 Å². The van der Waals surface area contributed by atoms with E-state index in [4.69, 9.17) is 5.11 Å². The molecule has 0 fully saturated rings. The number of hydrogen-bond acceptors (Lipinski definition) is 3. The van der Waals surface area contributed by atoms with E-state index >= 15 is 0 Å². The molecule has 94 valence electrons. The molecule has 0 amide bonds. The smallest absolute Gasteiger partial charge is 0.329 e. The zero-order chi connectivity index (χ0) is 13.4. The number of carboxylic acid groups (broad SMARTS) is 1. The highest BCUT2D eigenvalue weighted by Crippen LogP contribution is 2.09. The summed E-state index contributed by atoms with van der Waals surface area (Å²) in [4.78, 5) is 37.3. The van der Waals surface area contributed by atoms with Gasteiger partial charge in [-0.05, 0) is 26.0 Å². The van der Waals surface area contributed by atoms with Crippen LogP contribution in [0.1, 0.15) is 18.5 Å². The number of nitrogens with one attached hydrogen (secondary N) is 1. The zero-order valence-corrected chi connectivity index (χ0v) is 9.93. The molecule has 6 heteroatoms. The summed E-state index contributed by atoms with van der Waals surface area (Å²) in [6, 6.07) is 3.82. The van der Waals surface area contributed by atoms with Gasteiger partial charge in [-0.15, -0.1) is 0 Å². The van der Waals surface area contributed by atoms with Crippen LogP contribution in [0.4, 0.5) is 0 Å². The van der Waals surface area contributed by atoms with Crippen LogP contribution in [0.2, 0.25) is 0 Å². The van der Waals surface area contributed by atoms with Crippen LogP contribution in [0.5, 0.6) is 0 Å². The second kappa shape index (κ2) is 4.14. The summed E-state index contributed by atoms with van der Waals surface area (Å²) in [5.74, 6) is -1.23. The monoisotopic (exact) mass is 248 g/mol. The van der Waals surface area contributed by atoms with Crippen molar-refractivity contribution in [3.63, 3.8) is 0 Å². The molecule has 1 unspecified atom stereocenters. The van der Waals surface area contributed by atoms with Gasteiger partial charge in [0.1, 0.15) is 6.04 Å². The molecular weight excluding hydrogens is 236 g/mol. The van der Waals surface area contributed by atoms with Crippen molar-refractivity contribution in [2.24, 2.45) is 0 Å². The van der Waals surface area contributed by atoms with Crippen molar-refractivity contribution in [3.8, 4) is 0 Å². The fourth-order valence-corrected chi connectivity index (χ4v) is 1.80. The first-order valence-electron chi connectivity index (χ1n) is 5.40. The van der Waals surface area contributed by atoms with Crippen molar-refractivity contribution < 1.29 is 9.90 Å². The highest BCUT2D eigenvalue weighted by molar-refractivity contribution is 5.78. The molecule has 18 heavy (non-hydrogen) atoms. The molecule has 0 bridgehead atoms. The number of hydrogen-bond donors (Lipinski definition) is 2. The fraction of sp³-hybridized carbons (Fsp3) is 0.250. The number of fused-ring (bicyclic) bond motifs is 1. The molecule has 1 aromatic heterocycles. The van der Waals surface area contributed by atoms with Gasteiger partial charge in [0.15, 0.2) is 0 Å². The summed E-state index contributed by atoms with van der Waals surface area (Å²) in [7, 11) is 0. The van der Waals surface area contributed by atoms with Gasteiger partial charge in [-0.25, -0.2) is 14.2 Å². The maximum Gasteiger partial charge on any atom is 0.329 e. The third-order valence-electron chi connectivity index (χ3n) is 2.83. The molecule has 0 radical (unpaired) electrons. The molecule has 2 rings (SSSR count). The quantitative estimate of drug-likeness (QED) is 0.815. The molecule has 1 atom stereocenters. The van der Waals surface area contributed by atoms with Crippen LogP contribution in [-0.4, -0.2) is 20.6 Å². The van der Waals surface area contributed by atoms with Crippen molar-refractivity contribution in [2.45, 2.75) is 19.9 Å². The number of nitrogens with zero attached hydrogens (tertiary/aromatic N) is 1. The number of benzene rings is 1. The molecule has 0 aliphatic carbocycles. The Labute approximate surface area is 102 Å². The molecule has 0 saturated heterocycles. The Morgan fingerprint density at radius 1 is 1.39 bits per heavy atom. The third-order valence-corrected chi connectivity index (χ3v) is 2.83. The number of aromatic amines is 1. The van der Waals surface area contributed by atoms with Gasteiger partial charge in [-0.3, -0.25) is 4.79 Å². The number of carboxylic acids is 1. The van der Waals surface area contributed by atoms with E-state index in [-0.39, 0.29) is 0 Å². The van der Waals surface area contributed by atoms with Crippen molar-refractivity contribution >= 4 is 16.9 Å². The van der Waals surface area contributed by atoms with E-state index in [2.05, 4.69) is 4.98 Å². The third kappa shape index (κ3) is 1.81. The molecule has 2 aromatic rings. The fourth-order valence-electron chi connectivity index (χ4n) is 1.80. The molecule has 0 saturated carbocycles. The minimum Gasteiger partial charge on any atom is -0.480 e. The Kier molecular flexibility index (Phi) is 2.78. The zero-order valence-electron chi connectivity index (χ0n) is 9.93. The average Bonchev–Trinajstić information content (AvgIpc) is 2.30. The summed E-state index contributed by atoms with van der Waals surface area (Å²) in [5, 5.41) is 9.21. The first-order valence-corrected chi connectivity index (χ1v) is 5.40. The minimum absolute atomic E-state index is 0.308. The molecule has 0 spiro atoms. The van der Waals surface area contributed by atoms with Crippen LogP contribution in [0.25, 0.3) is 10.9 Å². The number of aromatic nitrogens is 2. The highest BCUT2D eigenvalue weighted by Gasteiger charge is 2.19. The number of rotatable bonds is 2. The number of H-pyrrole nitrogens is 1. The maximum absolute atomic E-state index is 12.1. The lowest BCUT2D eigenvalue weighted by atomic mass is 10.1. The number of aliphatic carboxylic acids is 1. The SMILES string of the molecule is Cc1ccc2[nH]c(=O)n(C(C)C(=O)O)c(=O)c2c1. The van der Waals surface area contributed by atoms with Crippen molar-refractivity contribution in [3.05, 3.63) is 44.6 Å². The van der Waals surface area contributed by atoms with E-state index in [9.17, 15) is 14.4 Å². The average molecular weight is 248 g/mol. The number of aryl methyl sites for hydroxylation is 1. The summed E-state index contributed by atoms with van der Waals surface area (Å²) < 4.78 is 0.712. The lowest BCUT2D eigenvalue weighted by Gasteiger charge is -2.10. The Morgan fingerprint density at radius 2 is 2.06 bits per heavy atom. The second-order valence-electron chi connectivity index (χ2n) is 4.17. The predicted molar refractivity (Wildman–Crippen MR) is 65.9 cm³/mol. The van der Waals surface area contributed by atoms with E-state index < -0.39 is 23.3 Å². The summed E-state index contributed by atoms with van der Waals surface area (Å²) in [6.45, 7) is 3.11. The van der Waals surface area contributed by atoms with Gasteiger partial charge in [0.05, 0.1) is 10.9 Å². The van der Waals surface area contributed by atoms with E-state index in [1.165, 1.54) is 6.92 Å². The van der Waals surface area contributed by atoms with Crippen LogP contribution in [0.15, 0.2) is 27.8 Å².